The van der Waals surface area contributed by atoms with Crippen LogP contribution >= 0.6 is 11.3 Å². The van der Waals surface area contributed by atoms with Crippen molar-refractivity contribution in [2.45, 2.75) is 26.3 Å². The Labute approximate surface area is 191 Å². The lowest BCUT2D eigenvalue weighted by Crippen LogP contribution is -2.49. The van der Waals surface area contributed by atoms with Gasteiger partial charge < -0.3 is 16.0 Å². The van der Waals surface area contributed by atoms with Gasteiger partial charge in [0.2, 0.25) is 5.78 Å². The maximum Gasteiger partial charge on any atom is 0.206 e. The molecule has 4 rings (SSSR count). The summed E-state index contributed by atoms with van der Waals surface area (Å²) >= 11 is 1.17. The highest BCUT2D eigenvalue weighted by molar-refractivity contribution is 7.18. The number of nitrogens with one attached hydrogen (secondary N) is 1. The summed E-state index contributed by atoms with van der Waals surface area (Å²) in [6.07, 6.45) is 1.18. The smallest absolute Gasteiger partial charge is 0.206 e. The fourth-order valence-corrected chi connectivity index (χ4v) is 4.73. The van der Waals surface area contributed by atoms with E-state index in [0.717, 1.165) is 31.9 Å². The Kier molecular flexibility index (Phi) is 6.72. The number of halogens is 1. The van der Waals surface area contributed by atoms with E-state index >= 15 is 0 Å². The fraction of sp³-hybridized carbons (Fsp3) is 0.333. The van der Waals surface area contributed by atoms with Gasteiger partial charge in [-0.3, -0.25) is 9.69 Å². The summed E-state index contributed by atoms with van der Waals surface area (Å²) in [5, 5.41) is 3.74. The highest BCUT2D eigenvalue weighted by Crippen LogP contribution is 2.30. The summed E-state index contributed by atoms with van der Waals surface area (Å²) < 4.78 is 13.5. The number of hydrogen-bond acceptors (Lipinski definition) is 7. The van der Waals surface area contributed by atoms with Crippen LogP contribution in [0.2, 0.25) is 0 Å². The number of aromatic nitrogens is 1. The molecule has 3 aromatic rings. The molecule has 6 nitrogen and oxygen atoms in total. The molecule has 3 N–H and O–H groups in total. The summed E-state index contributed by atoms with van der Waals surface area (Å²) in [4.78, 5) is 22.2. The Hall–Kier alpha value is -2.97. The highest BCUT2D eigenvalue weighted by atomic mass is 32.1. The Bertz CT molecular complexity index is 1080. The number of nitrogens with zero attached hydrogens (tertiary/aromatic N) is 3. The van der Waals surface area contributed by atoms with E-state index in [1.165, 1.54) is 41.6 Å². The van der Waals surface area contributed by atoms with Crippen molar-refractivity contribution >= 4 is 39.4 Å². The lowest BCUT2D eigenvalue weighted by Gasteiger charge is -2.39. The second-order valence-electron chi connectivity index (χ2n) is 8.03. The summed E-state index contributed by atoms with van der Waals surface area (Å²) in [5.74, 6) is -0.652. The quantitative estimate of drug-likeness (QED) is 0.503. The third kappa shape index (κ3) is 4.92. The van der Waals surface area contributed by atoms with Gasteiger partial charge in [0.25, 0.3) is 0 Å². The maximum absolute atomic E-state index is 13.5. The summed E-state index contributed by atoms with van der Waals surface area (Å²) in [6, 6.07) is 14.4. The van der Waals surface area contributed by atoms with Crippen LogP contribution in [0.3, 0.4) is 0 Å². The number of hydrogen-bond donors (Lipinski definition) is 2. The van der Waals surface area contributed by atoms with Gasteiger partial charge in [-0.05, 0) is 49.7 Å². The molecule has 32 heavy (non-hydrogen) atoms. The van der Waals surface area contributed by atoms with Crippen LogP contribution < -0.4 is 16.0 Å². The van der Waals surface area contributed by atoms with Crippen LogP contribution in [0.5, 0.6) is 0 Å². The first-order valence-corrected chi connectivity index (χ1v) is 11.7. The molecule has 2 aromatic carbocycles. The number of benzene rings is 2. The number of ketones is 1. The van der Waals surface area contributed by atoms with Gasteiger partial charge in [0, 0.05) is 49.2 Å². The van der Waals surface area contributed by atoms with Crippen molar-refractivity contribution in [3.8, 4) is 0 Å². The summed E-state index contributed by atoms with van der Waals surface area (Å²) in [5.41, 5.74) is 8.28. The number of rotatable bonds is 7. The Morgan fingerprint density at radius 2 is 1.91 bits per heavy atom. The van der Waals surface area contributed by atoms with Crippen molar-refractivity contribution in [3.63, 3.8) is 0 Å². The van der Waals surface area contributed by atoms with E-state index in [0.29, 0.717) is 16.1 Å². The minimum atomic E-state index is -0.460. The molecule has 1 aromatic heterocycles. The van der Waals surface area contributed by atoms with E-state index in [4.69, 9.17) is 5.73 Å². The van der Waals surface area contributed by atoms with Gasteiger partial charge in [0.1, 0.15) is 16.5 Å². The van der Waals surface area contributed by atoms with E-state index < -0.39 is 5.82 Å². The number of piperazine rings is 1. The Morgan fingerprint density at radius 1 is 1.19 bits per heavy atom. The van der Waals surface area contributed by atoms with Crippen LogP contribution in [-0.4, -0.2) is 47.9 Å². The minimum absolute atomic E-state index is 0.141. The van der Waals surface area contributed by atoms with Crippen molar-refractivity contribution in [3.05, 3.63) is 64.8 Å². The van der Waals surface area contributed by atoms with Crippen molar-refractivity contribution in [2.75, 3.05) is 42.1 Å². The molecule has 1 saturated heterocycles. The van der Waals surface area contributed by atoms with Crippen molar-refractivity contribution in [1.29, 1.82) is 0 Å². The number of nitrogens with two attached hydrogens (primary N) is 1. The molecule has 0 radical (unpaired) electrons. The zero-order valence-corrected chi connectivity index (χ0v) is 19.2. The first-order valence-electron chi connectivity index (χ1n) is 10.9. The maximum atomic E-state index is 13.5. The predicted molar refractivity (Wildman–Crippen MR) is 130 cm³/mol. The monoisotopic (exact) mass is 453 g/mol. The van der Waals surface area contributed by atoms with E-state index in [1.807, 2.05) is 12.1 Å². The molecule has 0 amide bonds. The predicted octanol–water partition coefficient (Wildman–Crippen LogP) is 4.76. The number of nitrogen functional groups attached to an aromatic ring is 1. The lowest BCUT2D eigenvalue weighted by atomic mass is 10.1. The van der Waals surface area contributed by atoms with Crippen molar-refractivity contribution in [1.82, 2.24) is 9.88 Å². The minimum Gasteiger partial charge on any atom is -0.382 e. The second-order valence-corrected chi connectivity index (χ2v) is 9.02. The van der Waals surface area contributed by atoms with Gasteiger partial charge in [-0.1, -0.05) is 30.4 Å². The average molecular weight is 454 g/mol. The van der Waals surface area contributed by atoms with Gasteiger partial charge >= 0.3 is 0 Å². The van der Waals surface area contributed by atoms with Gasteiger partial charge in [-0.25, -0.2) is 9.37 Å². The first kappa shape index (κ1) is 22.2. The molecular weight excluding hydrogens is 425 g/mol. The third-order valence-corrected chi connectivity index (χ3v) is 6.94. The molecule has 1 aliphatic rings. The molecule has 168 valence electrons. The first-order chi connectivity index (χ1) is 15.4. The molecule has 1 unspecified atom stereocenters. The van der Waals surface area contributed by atoms with Gasteiger partial charge in [0.15, 0.2) is 5.13 Å². The highest BCUT2D eigenvalue weighted by Gasteiger charge is 2.21. The fourth-order valence-electron chi connectivity index (χ4n) is 3.87. The third-order valence-electron chi connectivity index (χ3n) is 5.96. The van der Waals surface area contributed by atoms with Gasteiger partial charge in [0.05, 0.1) is 0 Å². The largest absolute Gasteiger partial charge is 0.382 e. The van der Waals surface area contributed by atoms with Crippen LogP contribution in [-0.2, 0) is 0 Å². The van der Waals surface area contributed by atoms with Crippen molar-refractivity contribution in [2.24, 2.45) is 0 Å². The Balaban J connectivity index is 1.40. The number of anilines is 4. The topological polar surface area (TPSA) is 74.5 Å². The molecule has 0 saturated carbocycles. The van der Waals surface area contributed by atoms with E-state index in [2.05, 4.69) is 46.1 Å². The molecule has 0 spiro atoms. The number of carbonyl (C=O) groups is 1. The second kappa shape index (κ2) is 9.67. The van der Waals surface area contributed by atoms with E-state index in [1.54, 1.807) is 6.07 Å². The van der Waals surface area contributed by atoms with Crippen LogP contribution in [0.4, 0.5) is 26.7 Å². The van der Waals surface area contributed by atoms with Gasteiger partial charge in [-0.15, -0.1) is 0 Å². The molecule has 0 aliphatic carbocycles. The van der Waals surface area contributed by atoms with Crippen LogP contribution in [0, 0.1) is 5.82 Å². The molecular formula is C24H28FN5OS. The van der Waals surface area contributed by atoms with Crippen LogP contribution in [0.25, 0.3) is 0 Å². The zero-order valence-electron chi connectivity index (χ0n) is 18.3. The number of carbonyl (C=O) groups excluding carboxylic acids is 1. The zero-order chi connectivity index (χ0) is 22.7. The molecule has 1 aliphatic heterocycles. The molecule has 2 heterocycles. The van der Waals surface area contributed by atoms with Crippen molar-refractivity contribution < 1.29 is 9.18 Å². The molecule has 1 fully saturated rings. The summed E-state index contributed by atoms with van der Waals surface area (Å²) in [6.45, 7) is 8.72. The van der Waals surface area contributed by atoms with Gasteiger partial charge in [-0.2, -0.15) is 0 Å². The molecule has 1 atom stereocenters. The number of thiazole rings is 1. The SMILES string of the molecule is CCC(C)N1CCN(c2ccc(Nc3nc(N)c(C(=O)c4cccc(F)c4)s3)cc2)CC1. The molecule has 0 bridgehead atoms. The van der Waals surface area contributed by atoms with Crippen LogP contribution in [0.1, 0.15) is 35.5 Å². The Morgan fingerprint density at radius 3 is 2.56 bits per heavy atom. The lowest BCUT2D eigenvalue weighted by molar-refractivity contribution is 0.104. The molecule has 8 heteroatoms. The van der Waals surface area contributed by atoms with E-state index in [9.17, 15) is 9.18 Å². The van der Waals surface area contributed by atoms with E-state index in [-0.39, 0.29) is 17.2 Å². The average Bonchev–Trinajstić information content (AvgIpc) is 3.18. The standard InChI is InChI=1S/C24H28FN5OS/c1-3-16(2)29-11-13-30(14-12-29)20-9-7-19(8-10-20)27-24-28-23(26)22(32-24)21(31)17-5-4-6-18(25)15-17/h4-10,15-16H,3,11-14,26H2,1-2H3,(H,27,28). The van der Waals surface area contributed by atoms with Crippen LogP contribution in [0.15, 0.2) is 48.5 Å². The summed E-state index contributed by atoms with van der Waals surface area (Å²) in [7, 11) is 0. The normalized spacial score (nSPS) is 15.5.